The number of carboxylic acid groups (broad SMARTS) is 1. The number of rotatable bonds is 1. The Kier molecular flexibility index (Phi) is 2.19. The third kappa shape index (κ3) is 1.98. The van der Waals surface area contributed by atoms with Crippen LogP contribution in [-0.4, -0.2) is 26.7 Å². The van der Waals surface area contributed by atoms with Crippen LogP contribution in [0.2, 0.25) is 0 Å². The summed E-state index contributed by atoms with van der Waals surface area (Å²) in [5.41, 5.74) is 0.482. The molecule has 4 nitrogen and oxygen atoms in total. The molecule has 1 unspecified atom stereocenters. The van der Waals surface area contributed by atoms with Crippen molar-refractivity contribution in [3.8, 4) is 0 Å². The zero-order valence-corrected chi connectivity index (χ0v) is 6.72. The summed E-state index contributed by atoms with van der Waals surface area (Å²) in [6.07, 6.45) is 0. The van der Waals surface area contributed by atoms with E-state index in [0.717, 1.165) is 5.41 Å². The van der Waals surface area contributed by atoms with E-state index in [1.165, 1.54) is 0 Å². The highest BCUT2D eigenvalue weighted by Gasteiger charge is 2.13. The molecule has 5 heteroatoms. The molecular formula is C6H7NO3S. The molecule has 0 fully saturated rings. The Morgan fingerprint density at radius 1 is 1.82 bits per heavy atom. The number of carboxylic acids is 1. The van der Waals surface area contributed by atoms with Crippen LogP contribution in [0, 0.1) is 0 Å². The molecule has 1 aliphatic rings. The van der Waals surface area contributed by atoms with Gasteiger partial charge in [0.05, 0.1) is 16.6 Å². The highest BCUT2D eigenvalue weighted by atomic mass is 32.2. The Balaban J connectivity index is 2.96. The molecule has 0 amide bonds. The van der Waals surface area contributed by atoms with Crippen molar-refractivity contribution in [2.45, 2.75) is 6.92 Å². The summed E-state index contributed by atoms with van der Waals surface area (Å²) < 4.78 is 10.9. The standard InChI is InChI=1S/C6H7NO3S/c1-4-2-11(10)3-5(7-4)6(8)9/h3H,2H2,1H3,(H,8,9). The van der Waals surface area contributed by atoms with Gasteiger partial charge in [-0.2, -0.15) is 0 Å². The lowest BCUT2D eigenvalue weighted by molar-refractivity contribution is -0.132. The molecule has 0 aliphatic carbocycles. The Morgan fingerprint density at radius 2 is 2.45 bits per heavy atom. The minimum absolute atomic E-state index is 0.118. The van der Waals surface area contributed by atoms with Gasteiger partial charge in [-0.3, -0.25) is 4.21 Å². The fourth-order valence-electron chi connectivity index (χ4n) is 0.735. The van der Waals surface area contributed by atoms with Crippen molar-refractivity contribution in [1.29, 1.82) is 0 Å². The van der Waals surface area contributed by atoms with E-state index in [9.17, 15) is 9.00 Å². The van der Waals surface area contributed by atoms with E-state index in [4.69, 9.17) is 5.11 Å². The highest BCUT2D eigenvalue weighted by molar-refractivity contribution is 7.88. The fraction of sp³-hybridized carbons (Fsp3) is 0.333. The van der Waals surface area contributed by atoms with Crippen molar-refractivity contribution in [3.63, 3.8) is 0 Å². The number of hydrogen-bond donors (Lipinski definition) is 1. The minimum atomic E-state index is -1.19. The second kappa shape index (κ2) is 2.96. The Bertz CT molecular complexity index is 280. The quantitative estimate of drug-likeness (QED) is 0.613. The molecule has 11 heavy (non-hydrogen) atoms. The van der Waals surface area contributed by atoms with E-state index >= 15 is 0 Å². The molecule has 1 atom stereocenters. The summed E-state index contributed by atoms with van der Waals surface area (Å²) in [5, 5.41) is 9.63. The van der Waals surface area contributed by atoms with Crippen LogP contribution >= 0.6 is 0 Å². The third-order valence-corrected chi connectivity index (χ3v) is 2.31. The van der Waals surface area contributed by atoms with E-state index in [1.54, 1.807) is 6.92 Å². The van der Waals surface area contributed by atoms with E-state index in [2.05, 4.69) is 4.99 Å². The fourth-order valence-corrected chi connectivity index (χ4v) is 1.70. The SMILES string of the molecule is CC1=NC(C(=O)O)=CS(=O)C1. The number of hydrogen-bond acceptors (Lipinski definition) is 3. The summed E-state index contributed by atoms with van der Waals surface area (Å²) in [5.74, 6) is -0.783. The molecule has 1 aliphatic heterocycles. The number of aliphatic carboxylic acids is 1. The maximum absolute atomic E-state index is 10.9. The van der Waals surface area contributed by atoms with Crippen molar-refractivity contribution in [2.24, 2.45) is 4.99 Å². The van der Waals surface area contributed by atoms with Gasteiger partial charge in [-0.25, -0.2) is 9.79 Å². The van der Waals surface area contributed by atoms with Crippen molar-refractivity contribution in [3.05, 3.63) is 11.1 Å². The predicted octanol–water partition coefficient (Wildman–Crippen LogP) is 0.136. The minimum Gasteiger partial charge on any atom is -0.476 e. The summed E-state index contributed by atoms with van der Waals surface area (Å²) in [7, 11) is -1.19. The highest BCUT2D eigenvalue weighted by Crippen LogP contribution is 2.06. The molecule has 0 saturated heterocycles. The zero-order chi connectivity index (χ0) is 8.43. The largest absolute Gasteiger partial charge is 0.476 e. The van der Waals surface area contributed by atoms with Crippen LogP contribution < -0.4 is 0 Å². The topological polar surface area (TPSA) is 66.7 Å². The summed E-state index contributed by atoms with van der Waals surface area (Å²) in [4.78, 5) is 14.1. The van der Waals surface area contributed by atoms with Crippen LogP contribution in [0.5, 0.6) is 0 Å². The molecule has 1 rings (SSSR count). The van der Waals surface area contributed by atoms with Crippen molar-refractivity contribution < 1.29 is 14.1 Å². The van der Waals surface area contributed by atoms with Gasteiger partial charge in [0, 0.05) is 11.1 Å². The van der Waals surface area contributed by atoms with Crippen molar-refractivity contribution in [1.82, 2.24) is 0 Å². The van der Waals surface area contributed by atoms with Gasteiger partial charge in [0.2, 0.25) is 0 Å². The molecule has 1 N–H and O–H groups in total. The summed E-state index contributed by atoms with van der Waals surface area (Å²) in [6.45, 7) is 1.66. The van der Waals surface area contributed by atoms with Crippen LogP contribution in [0.25, 0.3) is 0 Å². The van der Waals surface area contributed by atoms with Gasteiger partial charge in [-0.05, 0) is 6.92 Å². The Hall–Kier alpha value is -0.970. The Labute approximate surface area is 66.1 Å². The van der Waals surface area contributed by atoms with Crippen LogP contribution in [0.15, 0.2) is 16.1 Å². The normalized spacial score (nSPS) is 23.9. The number of carbonyl (C=O) groups is 1. The van der Waals surface area contributed by atoms with Gasteiger partial charge < -0.3 is 5.11 Å². The first-order valence-corrected chi connectivity index (χ1v) is 4.34. The average molecular weight is 173 g/mol. The van der Waals surface area contributed by atoms with Crippen LogP contribution in [0.1, 0.15) is 6.92 Å². The molecule has 1 heterocycles. The lowest BCUT2D eigenvalue weighted by atomic mass is 10.4. The molecule has 60 valence electrons. The van der Waals surface area contributed by atoms with Crippen LogP contribution in [0.3, 0.4) is 0 Å². The molecule has 0 aromatic rings. The van der Waals surface area contributed by atoms with Gasteiger partial charge in [-0.15, -0.1) is 0 Å². The first kappa shape index (κ1) is 8.13. The molecule has 0 aromatic carbocycles. The van der Waals surface area contributed by atoms with Gasteiger partial charge in [0.15, 0.2) is 5.70 Å². The first-order valence-electron chi connectivity index (χ1n) is 2.96. The zero-order valence-electron chi connectivity index (χ0n) is 5.90. The predicted molar refractivity (Wildman–Crippen MR) is 41.8 cm³/mol. The van der Waals surface area contributed by atoms with Gasteiger partial charge in [0.25, 0.3) is 0 Å². The average Bonchev–Trinajstić information content (AvgIpc) is 1.85. The lowest BCUT2D eigenvalue weighted by Crippen LogP contribution is -2.13. The van der Waals surface area contributed by atoms with Crippen LogP contribution in [0.4, 0.5) is 0 Å². The molecule has 0 saturated carbocycles. The van der Waals surface area contributed by atoms with Crippen LogP contribution in [-0.2, 0) is 15.6 Å². The van der Waals surface area contributed by atoms with Gasteiger partial charge >= 0.3 is 5.97 Å². The first-order chi connectivity index (χ1) is 5.09. The monoisotopic (exact) mass is 173 g/mol. The van der Waals surface area contributed by atoms with Crippen molar-refractivity contribution in [2.75, 3.05) is 5.75 Å². The molecular weight excluding hydrogens is 166 g/mol. The molecule has 0 bridgehead atoms. The second-order valence-corrected chi connectivity index (χ2v) is 3.47. The van der Waals surface area contributed by atoms with E-state index < -0.39 is 16.8 Å². The Morgan fingerprint density at radius 3 is 2.91 bits per heavy atom. The third-order valence-electron chi connectivity index (χ3n) is 1.12. The van der Waals surface area contributed by atoms with E-state index in [-0.39, 0.29) is 5.70 Å². The van der Waals surface area contributed by atoms with Gasteiger partial charge in [-0.1, -0.05) is 0 Å². The van der Waals surface area contributed by atoms with Crippen molar-refractivity contribution >= 4 is 22.5 Å². The maximum Gasteiger partial charge on any atom is 0.355 e. The van der Waals surface area contributed by atoms with E-state index in [1.807, 2.05) is 0 Å². The van der Waals surface area contributed by atoms with E-state index in [0.29, 0.717) is 11.5 Å². The lowest BCUT2D eigenvalue weighted by Gasteiger charge is -2.04. The summed E-state index contributed by atoms with van der Waals surface area (Å²) >= 11 is 0. The smallest absolute Gasteiger partial charge is 0.355 e. The second-order valence-electron chi connectivity index (χ2n) is 2.18. The maximum atomic E-state index is 10.9. The summed E-state index contributed by atoms with van der Waals surface area (Å²) in [6, 6.07) is 0. The molecule has 0 radical (unpaired) electrons. The van der Waals surface area contributed by atoms with Gasteiger partial charge in [0.1, 0.15) is 0 Å². The molecule has 0 spiro atoms. The number of aliphatic imine (C=N–C) groups is 1. The number of nitrogens with zero attached hydrogens (tertiary/aromatic N) is 1. The molecule has 0 aromatic heterocycles.